The Balaban J connectivity index is 0.000000801. The normalized spacial score (nSPS) is 15.3. The quantitative estimate of drug-likeness (QED) is 0.0998. The molecule has 2 aliphatic heterocycles. The monoisotopic (exact) mass is 646 g/mol. The van der Waals surface area contributed by atoms with Crippen LogP contribution >= 0.6 is 23.5 Å². The van der Waals surface area contributed by atoms with E-state index in [1.54, 1.807) is 7.11 Å². The number of carbonyl (C=O) groups excluding carboxylic acids is 1. The van der Waals surface area contributed by atoms with Crippen LogP contribution in [-0.4, -0.2) is 78.7 Å². The first-order valence-electron chi connectivity index (χ1n) is 15.4. The fourth-order valence-corrected chi connectivity index (χ4v) is 7.50. The number of thioether (sulfide) groups is 1. The number of anilines is 2. The maximum atomic E-state index is 12.2. The van der Waals surface area contributed by atoms with Crippen molar-refractivity contribution >= 4 is 52.8 Å². The highest BCUT2D eigenvalue weighted by molar-refractivity contribution is 8.02. The molecule has 0 aliphatic carbocycles. The second-order valence-electron chi connectivity index (χ2n) is 11.0. The van der Waals surface area contributed by atoms with Crippen LogP contribution in [0.15, 0.2) is 51.1 Å². The van der Waals surface area contributed by atoms with Crippen LogP contribution in [0.25, 0.3) is 0 Å². The van der Waals surface area contributed by atoms with E-state index in [1.165, 1.54) is 38.9 Å². The van der Waals surface area contributed by atoms with Gasteiger partial charge in [0.05, 0.1) is 18.5 Å². The molecule has 0 spiro atoms. The molecule has 2 aliphatic rings. The molecule has 4 rings (SSSR count). The number of nitrogens with zero attached hydrogens (tertiary/aromatic N) is 2. The maximum absolute atomic E-state index is 12.2. The van der Waals surface area contributed by atoms with Crippen molar-refractivity contribution < 1.29 is 34.1 Å². The number of ether oxygens (including phenoxy) is 2. The summed E-state index contributed by atoms with van der Waals surface area (Å²) in [4.78, 5) is 39.5. The zero-order valence-electron chi connectivity index (χ0n) is 26.3. The Morgan fingerprint density at radius 3 is 2.36 bits per heavy atom. The number of unbranched alkanes of at least 4 members (excludes halogenated alkanes) is 3. The second-order valence-corrected chi connectivity index (χ2v) is 12.9. The number of rotatable bonds is 13. The molecule has 44 heavy (non-hydrogen) atoms. The smallest absolute Gasteiger partial charge is 0.414 e. The highest BCUT2D eigenvalue weighted by atomic mass is 32.2. The van der Waals surface area contributed by atoms with Crippen molar-refractivity contribution in [1.82, 2.24) is 4.90 Å². The molecule has 0 amide bonds. The molecule has 1 atom stereocenters. The summed E-state index contributed by atoms with van der Waals surface area (Å²) in [6.45, 7) is 8.49. The van der Waals surface area contributed by atoms with Gasteiger partial charge in [0.1, 0.15) is 11.9 Å². The van der Waals surface area contributed by atoms with E-state index in [2.05, 4.69) is 66.3 Å². The summed E-state index contributed by atoms with van der Waals surface area (Å²) in [7, 11) is 1.74. The minimum Gasteiger partial charge on any atom is -0.497 e. The Morgan fingerprint density at radius 2 is 1.73 bits per heavy atom. The van der Waals surface area contributed by atoms with E-state index in [1.807, 2.05) is 23.5 Å². The van der Waals surface area contributed by atoms with Gasteiger partial charge in [-0.05, 0) is 88.7 Å². The number of fused-ring (bicyclic) bond motifs is 2. The summed E-state index contributed by atoms with van der Waals surface area (Å²) in [5.41, 5.74) is 2.54. The van der Waals surface area contributed by atoms with E-state index >= 15 is 0 Å². The number of carbonyl (C=O) groups is 3. The lowest BCUT2D eigenvalue weighted by molar-refractivity contribution is -0.159. The average Bonchev–Trinajstić information content (AvgIpc) is 3.02. The number of carboxylic acids is 2. The highest BCUT2D eigenvalue weighted by Gasteiger charge is 2.28. The van der Waals surface area contributed by atoms with Gasteiger partial charge < -0.3 is 29.5 Å². The number of piperidine rings is 1. The van der Waals surface area contributed by atoms with Gasteiger partial charge >= 0.3 is 17.9 Å². The lowest BCUT2D eigenvalue weighted by Gasteiger charge is -2.36. The van der Waals surface area contributed by atoms with Gasteiger partial charge in [-0.1, -0.05) is 44.0 Å². The van der Waals surface area contributed by atoms with Crippen LogP contribution in [0.2, 0.25) is 0 Å². The molecule has 0 bridgehead atoms. The Hall–Kier alpha value is -2.89. The van der Waals surface area contributed by atoms with Crippen molar-refractivity contribution in [2.24, 2.45) is 5.92 Å². The molecule has 0 aromatic heterocycles. The van der Waals surface area contributed by atoms with Crippen molar-refractivity contribution in [3.05, 3.63) is 36.4 Å². The third-order valence-corrected chi connectivity index (χ3v) is 10.1. The summed E-state index contributed by atoms with van der Waals surface area (Å²) in [5.74, 6) is -2.29. The molecule has 242 valence electrons. The Labute approximate surface area is 269 Å². The second kappa shape index (κ2) is 18.2. The van der Waals surface area contributed by atoms with Gasteiger partial charge in [0.25, 0.3) is 0 Å². The van der Waals surface area contributed by atoms with Crippen LogP contribution in [0, 0.1) is 5.92 Å². The molecule has 1 saturated heterocycles. The molecular formula is C33H46N2O7S2. The molecule has 1 fully saturated rings. The topological polar surface area (TPSA) is 117 Å². The van der Waals surface area contributed by atoms with Crippen molar-refractivity contribution in [1.29, 1.82) is 0 Å². The van der Waals surface area contributed by atoms with Crippen LogP contribution in [0.5, 0.6) is 5.75 Å². The fraction of sp³-hybridized carbons (Fsp3) is 0.545. The van der Waals surface area contributed by atoms with Gasteiger partial charge in [0.2, 0.25) is 0 Å². The van der Waals surface area contributed by atoms with Crippen LogP contribution < -0.4 is 9.64 Å². The SMILES string of the molecule is CCCCCCC(=O)OC(C)C1CCN(CCCN2c3cc(OC)ccc3Sc3c(SC)cccc32)CC1.O=C(O)C(=O)O. The number of methoxy groups -OCH3 is 1. The predicted molar refractivity (Wildman–Crippen MR) is 176 cm³/mol. The number of likely N-dealkylation sites (tertiary alicyclic amines) is 1. The van der Waals surface area contributed by atoms with Crippen molar-refractivity contribution in [3.63, 3.8) is 0 Å². The predicted octanol–water partition coefficient (Wildman–Crippen LogP) is 7.18. The van der Waals surface area contributed by atoms with Crippen molar-refractivity contribution in [3.8, 4) is 5.75 Å². The van der Waals surface area contributed by atoms with E-state index in [-0.39, 0.29) is 12.1 Å². The van der Waals surface area contributed by atoms with Crippen LogP contribution in [-0.2, 0) is 19.1 Å². The minimum atomic E-state index is -1.82. The van der Waals surface area contributed by atoms with Gasteiger partial charge in [-0.3, -0.25) is 4.79 Å². The van der Waals surface area contributed by atoms with Crippen molar-refractivity contribution in [2.75, 3.05) is 44.4 Å². The molecule has 2 aromatic carbocycles. The van der Waals surface area contributed by atoms with Gasteiger partial charge in [-0.15, -0.1) is 11.8 Å². The van der Waals surface area contributed by atoms with E-state index in [0.717, 1.165) is 64.0 Å². The van der Waals surface area contributed by atoms with Crippen LogP contribution in [0.3, 0.4) is 0 Å². The third-order valence-electron chi connectivity index (χ3n) is 8.02. The fourth-order valence-electron chi connectivity index (χ4n) is 5.54. The van der Waals surface area contributed by atoms with Gasteiger partial charge in [-0.2, -0.15) is 0 Å². The molecular weight excluding hydrogens is 601 g/mol. The molecule has 2 heterocycles. The summed E-state index contributed by atoms with van der Waals surface area (Å²) < 4.78 is 11.4. The van der Waals surface area contributed by atoms with E-state index in [4.69, 9.17) is 29.3 Å². The number of aliphatic carboxylic acids is 2. The Bertz CT molecular complexity index is 1240. The van der Waals surface area contributed by atoms with Gasteiger partial charge in [0.15, 0.2) is 0 Å². The molecule has 9 nitrogen and oxygen atoms in total. The van der Waals surface area contributed by atoms with E-state index in [9.17, 15) is 4.79 Å². The standard InChI is InChI=1S/C31H44N2O3S2.C2H2O4/c1-5-6-7-8-13-30(34)36-23(2)24-16-20-32(21-17-24)18-10-19-33-26-11-9-12-29(37-4)31(26)38-28-15-14-25(35-3)22-27(28)33;3-1(4)2(5)6/h9,11-12,14-15,22-24H,5-8,10,13,16-21H2,1-4H3;(H,3,4)(H,5,6). The first-order valence-corrected chi connectivity index (χ1v) is 17.4. The molecule has 0 saturated carbocycles. The number of esters is 1. The zero-order valence-corrected chi connectivity index (χ0v) is 27.9. The average molecular weight is 647 g/mol. The number of benzene rings is 2. The number of hydrogen-bond donors (Lipinski definition) is 2. The third kappa shape index (κ3) is 10.3. The lowest BCUT2D eigenvalue weighted by Crippen LogP contribution is -2.39. The van der Waals surface area contributed by atoms with E-state index in [0.29, 0.717) is 12.3 Å². The molecule has 1 unspecified atom stereocenters. The van der Waals surface area contributed by atoms with Gasteiger partial charge in [-0.25, -0.2) is 9.59 Å². The molecule has 2 aromatic rings. The first kappa shape index (κ1) is 35.6. The van der Waals surface area contributed by atoms with E-state index < -0.39 is 11.9 Å². The maximum Gasteiger partial charge on any atom is 0.414 e. The summed E-state index contributed by atoms with van der Waals surface area (Å²) in [6, 6.07) is 13.1. The Kier molecular flexibility index (Phi) is 14.7. The summed E-state index contributed by atoms with van der Waals surface area (Å²) >= 11 is 3.68. The zero-order chi connectivity index (χ0) is 32.1. The lowest BCUT2D eigenvalue weighted by atomic mass is 9.92. The molecule has 2 N–H and O–H groups in total. The highest BCUT2D eigenvalue weighted by Crippen LogP contribution is 2.52. The number of carboxylic acid groups (broad SMARTS) is 2. The minimum absolute atomic E-state index is 0.0162. The summed E-state index contributed by atoms with van der Waals surface area (Å²) in [6.07, 6.45) is 10.5. The van der Waals surface area contributed by atoms with Crippen molar-refractivity contribution in [2.45, 2.75) is 86.0 Å². The first-order chi connectivity index (χ1) is 21.2. The molecule has 11 heteroatoms. The molecule has 0 radical (unpaired) electrons. The largest absolute Gasteiger partial charge is 0.497 e. The van der Waals surface area contributed by atoms with Gasteiger partial charge in [0, 0.05) is 33.7 Å². The van der Waals surface area contributed by atoms with Crippen LogP contribution in [0.4, 0.5) is 11.4 Å². The Morgan fingerprint density at radius 1 is 1.00 bits per heavy atom. The summed E-state index contributed by atoms with van der Waals surface area (Å²) in [5, 5.41) is 14.8. The number of hydrogen-bond acceptors (Lipinski definition) is 9. The van der Waals surface area contributed by atoms with Crippen LogP contribution in [0.1, 0.15) is 65.2 Å².